The van der Waals surface area contributed by atoms with Crippen molar-refractivity contribution in [1.82, 2.24) is 19.8 Å². The lowest BCUT2D eigenvalue weighted by Gasteiger charge is -2.16. The molecular weight excluding hydrogens is 399 g/mol. The number of halogens is 1. The fourth-order valence-corrected chi connectivity index (χ4v) is 3.60. The molecule has 9 heteroatoms. The quantitative estimate of drug-likeness (QED) is 0.552. The van der Waals surface area contributed by atoms with E-state index in [4.69, 9.17) is 0 Å². The van der Waals surface area contributed by atoms with Crippen molar-refractivity contribution in [3.8, 4) is 11.3 Å². The Labute approximate surface area is 176 Å². The minimum Gasteiger partial charge on any atom is -0.326 e. The number of anilines is 2. The average molecular weight is 416 g/mol. The normalized spacial score (nSPS) is 16.1. The monoisotopic (exact) mass is 416 g/mol. The molecule has 1 aliphatic rings. The Balaban J connectivity index is 1.26. The van der Waals surface area contributed by atoms with E-state index in [9.17, 15) is 14.0 Å². The zero-order chi connectivity index (χ0) is 21.4. The summed E-state index contributed by atoms with van der Waals surface area (Å²) in [4.78, 5) is 26.5. The van der Waals surface area contributed by atoms with E-state index >= 15 is 0 Å². The van der Waals surface area contributed by atoms with E-state index in [1.165, 1.54) is 35.5 Å². The molecule has 1 N–H and O–H groups in total. The number of aromatic nitrogens is 4. The molecule has 0 radical (unpaired) electrons. The number of amides is 2. The van der Waals surface area contributed by atoms with Crippen molar-refractivity contribution in [2.24, 2.45) is 5.92 Å². The molecule has 0 spiro atoms. The Hall–Kier alpha value is -4.14. The van der Waals surface area contributed by atoms with Crippen LogP contribution in [0.5, 0.6) is 0 Å². The molecule has 31 heavy (non-hydrogen) atoms. The highest BCUT2D eigenvalue weighted by Crippen LogP contribution is 2.27. The molecule has 8 nitrogen and oxygen atoms in total. The summed E-state index contributed by atoms with van der Waals surface area (Å²) in [6.45, 7) is 0.261. The van der Waals surface area contributed by atoms with Crippen LogP contribution in [0.4, 0.5) is 15.8 Å². The standard InChI is InChI=1S/C22H17FN6O2/c23-16-3-7-18(8-4-16)28-12-15(11-21(28)30)22(31)25-17-5-1-14(2-6-17)19-9-10-20-26-24-13-29(20)27-19/h1-10,13,15H,11-12H2,(H,25,31). The van der Waals surface area contributed by atoms with Crippen LogP contribution < -0.4 is 10.2 Å². The van der Waals surface area contributed by atoms with E-state index in [2.05, 4.69) is 20.6 Å². The SMILES string of the molecule is O=C(Nc1ccc(-c2ccc3nncn3n2)cc1)C1CC(=O)N(c2ccc(F)cc2)C1. The predicted molar refractivity (Wildman–Crippen MR) is 112 cm³/mol. The molecule has 1 fully saturated rings. The smallest absolute Gasteiger partial charge is 0.229 e. The summed E-state index contributed by atoms with van der Waals surface area (Å²) < 4.78 is 14.7. The molecule has 0 aliphatic carbocycles. The van der Waals surface area contributed by atoms with Crippen molar-refractivity contribution in [2.45, 2.75) is 6.42 Å². The Morgan fingerprint density at radius 2 is 1.81 bits per heavy atom. The number of carbonyl (C=O) groups excluding carboxylic acids is 2. The van der Waals surface area contributed by atoms with Gasteiger partial charge in [0.2, 0.25) is 11.8 Å². The van der Waals surface area contributed by atoms with Crippen molar-refractivity contribution >= 4 is 28.8 Å². The molecule has 1 unspecified atom stereocenters. The summed E-state index contributed by atoms with van der Waals surface area (Å²) in [7, 11) is 0. The van der Waals surface area contributed by atoms with Crippen LogP contribution in [0, 0.1) is 11.7 Å². The van der Waals surface area contributed by atoms with Gasteiger partial charge >= 0.3 is 0 Å². The lowest BCUT2D eigenvalue weighted by molar-refractivity contribution is -0.122. The topological polar surface area (TPSA) is 92.5 Å². The van der Waals surface area contributed by atoms with Gasteiger partial charge in [-0.1, -0.05) is 12.1 Å². The zero-order valence-corrected chi connectivity index (χ0v) is 16.3. The summed E-state index contributed by atoms with van der Waals surface area (Å²) >= 11 is 0. The molecule has 1 aliphatic heterocycles. The molecule has 0 saturated carbocycles. The number of benzene rings is 2. The van der Waals surface area contributed by atoms with Crippen LogP contribution in [0.15, 0.2) is 67.0 Å². The Morgan fingerprint density at radius 3 is 2.58 bits per heavy atom. The predicted octanol–water partition coefficient (Wildman–Crippen LogP) is 2.92. The van der Waals surface area contributed by atoms with Crippen LogP contribution in [-0.2, 0) is 9.59 Å². The number of fused-ring (bicyclic) bond motifs is 1. The number of nitrogens with zero attached hydrogens (tertiary/aromatic N) is 5. The molecule has 2 aromatic heterocycles. The summed E-state index contributed by atoms with van der Waals surface area (Å²) in [6.07, 6.45) is 1.65. The Kier molecular flexibility index (Phi) is 4.62. The molecule has 0 bridgehead atoms. The van der Waals surface area contributed by atoms with Gasteiger partial charge in [-0.15, -0.1) is 10.2 Å². The highest BCUT2D eigenvalue weighted by Gasteiger charge is 2.35. The van der Waals surface area contributed by atoms with Gasteiger partial charge in [0.1, 0.15) is 12.1 Å². The van der Waals surface area contributed by atoms with Crippen molar-refractivity contribution in [3.63, 3.8) is 0 Å². The van der Waals surface area contributed by atoms with Crippen LogP contribution in [0.3, 0.4) is 0 Å². The lowest BCUT2D eigenvalue weighted by Crippen LogP contribution is -2.28. The van der Waals surface area contributed by atoms with E-state index in [1.807, 2.05) is 24.3 Å². The highest BCUT2D eigenvalue weighted by atomic mass is 19.1. The summed E-state index contributed by atoms with van der Waals surface area (Å²) in [5.41, 5.74) is 3.51. The first-order valence-electron chi connectivity index (χ1n) is 9.71. The fraction of sp³-hybridized carbons (Fsp3) is 0.136. The van der Waals surface area contributed by atoms with Gasteiger partial charge in [0, 0.05) is 29.9 Å². The van der Waals surface area contributed by atoms with Crippen molar-refractivity contribution in [1.29, 1.82) is 0 Å². The van der Waals surface area contributed by atoms with Crippen molar-refractivity contribution in [2.75, 3.05) is 16.8 Å². The largest absolute Gasteiger partial charge is 0.326 e. The van der Waals surface area contributed by atoms with Gasteiger partial charge in [-0.25, -0.2) is 4.39 Å². The maximum Gasteiger partial charge on any atom is 0.229 e. The zero-order valence-electron chi connectivity index (χ0n) is 16.3. The molecule has 4 aromatic rings. The van der Waals surface area contributed by atoms with Crippen LogP contribution >= 0.6 is 0 Å². The van der Waals surface area contributed by atoms with E-state index < -0.39 is 5.92 Å². The van der Waals surface area contributed by atoms with Crippen LogP contribution in [0.25, 0.3) is 16.9 Å². The minimum absolute atomic E-state index is 0.115. The summed E-state index contributed by atoms with van der Waals surface area (Å²) in [6, 6.07) is 16.7. The van der Waals surface area contributed by atoms with Crippen LogP contribution in [0.1, 0.15) is 6.42 Å². The second-order valence-electron chi connectivity index (χ2n) is 7.30. The Morgan fingerprint density at radius 1 is 1.03 bits per heavy atom. The molecule has 2 amide bonds. The van der Waals surface area contributed by atoms with Gasteiger partial charge < -0.3 is 10.2 Å². The van der Waals surface area contributed by atoms with Gasteiger partial charge in [0.15, 0.2) is 5.65 Å². The molecule has 154 valence electrons. The summed E-state index contributed by atoms with van der Waals surface area (Å²) in [5.74, 6) is -1.23. The van der Waals surface area contributed by atoms with Crippen LogP contribution in [-0.4, -0.2) is 38.2 Å². The first-order valence-corrected chi connectivity index (χ1v) is 9.71. The second kappa shape index (κ2) is 7.60. The van der Waals surface area contributed by atoms with E-state index in [1.54, 1.807) is 16.6 Å². The third-order valence-electron chi connectivity index (χ3n) is 5.24. The maximum absolute atomic E-state index is 13.1. The average Bonchev–Trinajstić information content (AvgIpc) is 3.41. The number of carbonyl (C=O) groups is 2. The molecule has 1 atom stereocenters. The maximum atomic E-state index is 13.1. The van der Waals surface area contributed by atoms with Gasteiger partial charge in [-0.3, -0.25) is 9.59 Å². The van der Waals surface area contributed by atoms with Gasteiger partial charge in [-0.2, -0.15) is 9.61 Å². The number of rotatable bonds is 4. The fourth-order valence-electron chi connectivity index (χ4n) is 3.60. The van der Waals surface area contributed by atoms with E-state index in [-0.39, 0.29) is 30.6 Å². The van der Waals surface area contributed by atoms with Gasteiger partial charge in [0.05, 0.1) is 11.6 Å². The molecule has 3 heterocycles. The summed E-state index contributed by atoms with van der Waals surface area (Å²) in [5, 5.41) is 15.1. The first kappa shape index (κ1) is 18.9. The van der Waals surface area contributed by atoms with Gasteiger partial charge in [-0.05, 0) is 48.5 Å². The minimum atomic E-state index is -0.477. The molecule has 2 aromatic carbocycles. The van der Waals surface area contributed by atoms with Crippen LogP contribution in [0.2, 0.25) is 0 Å². The number of nitrogens with one attached hydrogen (secondary N) is 1. The first-order chi connectivity index (χ1) is 15.1. The van der Waals surface area contributed by atoms with E-state index in [0.29, 0.717) is 17.0 Å². The molecular formula is C22H17FN6O2. The molecule has 1 saturated heterocycles. The third kappa shape index (κ3) is 3.73. The molecule has 5 rings (SSSR count). The second-order valence-corrected chi connectivity index (χ2v) is 7.30. The van der Waals surface area contributed by atoms with Crippen molar-refractivity contribution in [3.05, 3.63) is 72.8 Å². The number of hydrogen-bond donors (Lipinski definition) is 1. The third-order valence-corrected chi connectivity index (χ3v) is 5.24. The van der Waals surface area contributed by atoms with E-state index in [0.717, 1.165) is 11.3 Å². The lowest BCUT2D eigenvalue weighted by atomic mass is 10.1. The van der Waals surface area contributed by atoms with Crippen molar-refractivity contribution < 1.29 is 14.0 Å². The number of hydrogen-bond acceptors (Lipinski definition) is 5. The van der Waals surface area contributed by atoms with Gasteiger partial charge in [0.25, 0.3) is 0 Å². The Bertz CT molecular complexity index is 1270. The highest BCUT2D eigenvalue weighted by molar-refractivity contribution is 6.03.